The maximum Gasteiger partial charge on any atom is 0.244 e. The lowest BCUT2D eigenvalue weighted by molar-refractivity contribution is 0.374. The van der Waals surface area contributed by atoms with Crippen molar-refractivity contribution in [2.75, 3.05) is 7.11 Å². The van der Waals surface area contributed by atoms with E-state index in [0.717, 1.165) is 29.7 Å². The zero-order valence-corrected chi connectivity index (χ0v) is 16.6. The smallest absolute Gasteiger partial charge is 0.244 e. The number of nitriles is 1. The van der Waals surface area contributed by atoms with Crippen molar-refractivity contribution in [1.82, 2.24) is 10.2 Å². The molecule has 1 atom stereocenters. The molecule has 0 fully saturated rings. The summed E-state index contributed by atoms with van der Waals surface area (Å²) in [6.45, 7) is 1.89. The SMILES string of the molecule is COc1c(I)cc(I)cc1[C@@H]1C(C#N)=C(N)Oc2n[nH]c(C)c21. The number of hydrogen-bond acceptors (Lipinski definition) is 5. The Morgan fingerprint density at radius 2 is 2.17 bits per heavy atom. The van der Waals surface area contributed by atoms with Gasteiger partial charge < -0.3 is 15.2 Å². The molecule has 2 heterocycles. The largest absolute Gasteiger partial charge is 0.495 e. The van der Waals surface area contributed by atoms with Crippen LogP contribution in [0.1, 0.15) is 22.7 Å². The van der Waals surface area contributed by atoms with Crippen LogP contribution in [0.2, 0.25) is 0 Å². The summed E-state index contributed by atoms with van der Waals surface area (Å²) in [6.07, 6.45) is 0. The number of ether oxygens (including phenoxy) is 2. The third kappa shape index (κ3) is 2.65. The van der Waals surface area contributed by atoms with E-state index in [1.165, 1.54) is 0 Å². The van der Waals surface area contributed by atoms with E-state index in [-0.39, 0.29) is 11.8 Å². The Balaban J connectivity index is 2.34. The fraction of sp³-hybridized carbons (Fsp3) is 0.200. The van der Waals surface area contributed by atoms with E-state index in [9.17, 15) is 5.26 Å². The van der Waals surface area contributed by atoms with E-state index < -0.39 is 0 Å². The highest BCUT2D eigenvalue weighted by Crippen LogP contribution is 2.46. The number of aryl methyl sites for hydroxylation is 1. The molecular weight excluding hydrogens is 522 g/mol. The number of methoxy groups -OCH3 is 1. The number of nitrogens with one attached hydrogen (secondary N) is 1. The number of benzene rings is 1. The molecule has 0 bridgehead atoms. The summed E-state index contributed by atoms with van der Waals surface area (Å²) in [5.74, 6) is 0.832. The molecule has 0 saturated carbocycles. The fourth-order valence-electron chi connectivity index (χ4n) is 2.72. The lowest BCUT2D eigenvalue weighted by Crippen LogP contribution is -2.21. The molecule has 0 aliphatic carbocycles. The van der Waals surface area contributed by atoms with Gasteiger partial charge in [0, 0.05) is 20.4 Å². The molecule has 0 spiro atoms. The number of nitrogens with zero attached hydrogens (tertiary/aromatic N) is 2. The van der Waals surface area contributed by atoms with E-state index in [0.29, 0.717) is 11.5 Å². The number of H-pyrrole nitrogens is 1. The Morgan fingerprint density at radius 3 is 2.83 bits per heavy atom. The van der Waals surface area contributed by atoms with Crippen molar-refractivity contribution in [3.63, 3.8) is 0 Å². The predicted molar refractivity (Wildman–Crippen MR) is 101 cm³/mol. The number of hydrogen-bond donors (Lipinski definition) is 2. The molecule has 23 heavy (non-hydrogen) atoms. The molecule has 0 saturated heterocycles. The highest BCUT2D eigenvalue weighted by molar-refractivity contribution is 14.1. The van der Waals surface area contributed by atoms with E-state index in [1.807, 2.05) is 19.1 Å². The van der Waals surface area contributed by atoms with Gasteiger partial charge in [-0.1, -0.05) is 0 Å². The minimum absolute atomic E-state index is 0.0763. The van der Waals surface area contributed by atoms with Crippen molar-refractivity contribution in [2.24, 2.45) is 5.73 Å². The molecule has 1 aromatic heterocycles. The average Bonchev–Trinajstić information content (AvgIpc) is 2.86. The van der Waals surface area contributed by atoms with Gasteiger partial charge in [-0.25, -0.2) is 0 Å². The molecule has 3 rings (SSSR count). The highest BCUT2D eigenvalue weighted by Gasteiger charge is 2.36. The van der Waals surface area contributed by atoms with Crippen LogP contribution in [0.5, 0.6) is 11.6 Å². The van der Waals surface area contributed by atoms with E-state index in [4.69, 9.17) is 15.2 Å². The van der Waals surface area contributed by atoms with E-state index >= 15 is 0 Å². The Labute approximate surface area is 160 Å². The number of nitrogens with two attached hydrogens (primary N) is 1. The van der Waals surface area contributed by atoms with Crippen LogP contribution >= 0.6 is 45.2 Å². The fourth-order valence-corrected chi connectivity index (χ4v) is 4.83. The number of rotatable bonds is 2. The number of aromatic nitrogens is 2. The normalized spacial score (nSPS) is 16.6. The van der Waals surface area contributed by atoms with Gasteiger partial charge in [0.2, 0.25) is 11.8 Å². The Bertz CT molecular complexity index is 867. The Morgan fingerprint density at radius 1 is 1.43 bits per heavy atom. The van der Waals surface area contributed by atoms with Crippen molar-refractivity contribution in [1.29, 1.82) is 5.26 Å². The monoisotopic (exact) mass is 534 g/mol. The van der Waals surface area contributed by atoms with Crippen molar-refractivity contribution >= 4 is 45.2 Å². The van der Waals surface area contributed by atoms with Crippen LogP contribution in [-0.2, 0) is 0 Å². The summed E-state index contributed by atoms with van der Waals surface area (Å²) in [4.78, 5) is 0. The van der Waals surface area contributed by atoms with Gasteiger partial charge in [0.25, 0.3) is 0 Å². The van der Waals surface area contributed by atoms with Gasteiger partial charge in [0.1, 0.15) is 17.4 Å². The number of halogens is 2. The van der Waals surface area contributed by atoms with Crippen LogP contribution in [0, 0.1) is 25.4 Å². The zero-order chi connectivity index (χ0) is 16.7. The van der Waals surface area contributed by atoms with Gasteiger partial charge in [0.05, 0.1) is 16.6 Å². The summed E-state index contributed by atoms with van der Waals surface area (Å²) in [5.41, 5.74) is 8.82. The first kappa shape index (κ1) is 16.4. The molecule has 6 nitrogen and oxygen atoms in total. The molecule has 0 amide bonds. The third-order valence-corrected chi connectivity index (χ3v) is 5.11. The van der Waals surface area contributed by atoms with Gasteiger partial charge in [-0.15, -0.1) is 5.10 Å². The second-order valence-electron chi connectivity index (χ2n) is 5.00. The van der Waals surface area contributed by atoms with Crippen LogP contribution in [-0.4, -0.2) is 17.3 Å². The molecule has 2 aromatic rings. The first-order valence-corrected chi connectivity index (χ1v) is 8.79. The van der Waals surface area contributed by atoms with E-state index in [2.05, 4.69) is 61.4 Å². The summed E-state index contributed by atoms with van der Waals surface area (Å²) in [5, 5.41) is 16.6. The van der Waals surface area contributed by atoms with Crippen LogP contribution in [0.25, 0.3) is 0 Å². The van der Waals surface area contributed by atoms with Gasteiger partial charge in [-0.2, -0.15) is 5.26 Å². The first-order valence-electron chi connectivity index (χ1n) is 6.63. The number of aromatic amines is 1. The van der Waals surface area contributed by atoms with Crippen LogP contribution in [0.4, 0.5) is 0 Å². The molecule has 3 N–H and O–H groups in total. The van der Waals surface area contributed by atoms with Crippen molar-refractivity contribution in [3.05, 3.63) is 47.6 Å². The molecule has 1 aliphatic rings. The number of fused-ring (bicyclic) bond motifs is 1. The average molecular weight is 534 g/mol. The quantitative estimate of drug-likeness (QED) is 0.578. The van der Waals surface area contributed by atoms with E-state index in [1.54, 1.807) is 7.11 Å². The molecule has 118 valence electrons. The molecule has 1 aliphatic heterocycles. The number of allylic oxidation sites excluding steroid dienone is 1. The van der Waals surface area contributed by atoms with Gasteiger partial charge in [-0.05, 0) is 64.2 Å². The predicted octanol–water partition coefficient (Wildman–Crippen LogP) is 3.15. The van der Waals surface area contributed by atoms with Crippen LogP contribution in [0.3, 0.4) is 0 Å². The Hall–Kier alpha value is -1.48. The van der Waals surface area contributed by atoms with Crippen molar-refractivity contribution < 1.29 is 9.47 Å². The second-order valence-corrected chi connectivity index (χ2v) is 7.41. The topological polar surface area (TPSA) is 96.9 Å². The Kier molecular flexibility index (Phi) is 4.41. The zero-order valence-electron chi connectivity index (χ0n) is 12.3. The summed E-state index contributed by atoms with van der Waals surface area (Å²) >= 11 is 4.47. The summed E-state index contributed by atoms with van der Waals surface area (Å²) < 4.78 is 13.1. The molecule has 0 unspecified atom stereocenters. The molecule has 8 heteroatoms. The van der Waals surface area contributed by atoms with Gasteiger partial charge in [-0.3, -0.25) is 5.10 Å². The maximum atomic E-state index is 9.61. The van der Waals surface area contributed by atoms with Crippen molar-refractivity contribution in [2.45, 2.75) is 12.8 Å². The summed E-state index contributed by atoms with van der Waals surface area (Å²) in [7, 11) is 1.62. The minimum Gasteiger partial charge on any atom is -0.495 e. The second kappa shape index (κ2) is 6.20. The highest BCUT2D eigenvalue weighted by atomic mass is 127. The van der Waals surface area contributed by atoms with Gasteiger partial charge >= 0.3 is 0 Å². The molecular formula is C15H12I2N4O2. The molecule has 1 aromatic carbocycles. The summed E-state index contributed by atoms with van der Waals surface area (Å²) in [6, 6.07) is 6.20. The maximum absolute atomic E-state index is 9.61. The minimum atomic E-state index is -0.374. The first-order chi connectivity index (χ1) is 11.0. The van der Waals surface area contributed by atoms with Gasteiger partial charge in [0.15, 0.2) is 0 Å². The molecule has 0 radical (unpaired) electrons. The van der Waals surface area contributed by atoms with Crippen molar-refractivity contribution in [3.8, 4) is 17.7 Å². The van der Waals surface area contributed by atoms with Crippen LogP contribution < -0.4 is 15.2 Å². The third-order valence-electron chi connectivity index (χ3n) is 3.68. The lowest BCUT2D eigenvalue weighted by atomic mass is 9.83. The lowest BCUT2D eigenvalue weighted by Gasteiger charge is -2.25. The van der Waals surface area contributed by atoms with Crippen LogP contribution in [0.15, 0.2) is 23.6 Å². The standard InChI is InChI=1S/C15H12I2N4O2/c1-6-11-12(8-3-7(16)4-10(17)13(8)22-2)9(5-18)14(19)23-15(11)21-20-6/h3-4,12H,19H2,1-2H3,(H,20,21)/t12-/m1/s1.